The van der Waals surface area contributed by atoms with Crippen LogP contribution in [0, 0.1) is 19.7 Å². The number of amides is 1. The zero-order valence-corrected chi connectivity index (χ0v) is 19.4. The van der Waals surface area contributed by atoms with Crippen molar-refractivity contribution in [3.05, 3.63) is 118 Å². The standard InChI is InChI=1S/C28H28FN3O2/c1-20-27(21(2)32(31-20)26-14-12-25(29)13-15-26)16-28(33)30-17-22-8-10-24(11-9-22)19-34-18-23-6-4-3-5-7-23/h3-15H,16-19H2,1-2H3,(H,30,33). The molecule has 1 N–H and O–H groups in total. The minimum atomic E-state index is -0.294. The monoisotopic (exact) mass is 457 g/mol. The van der Waals surface area contributed by atoms with Crippen molar-refractivity contribution in [1.82, 2.24) is 15.1 Å². The second kappa shape index (κ2) is 10.9. The van der Waals surface area contributed by atoms with Crippen LogP contribution in [0.25, 0.3) is 5.69 Å². The van der Waals surface area contributed by atoms with Crippen LogP contribution in [-0.4, -0.2) is 15.7 Å². The third kappa shape index (κ3) is 5.97. The summed E-state index contributed by atoms with van der Waals surface area (Å²) in [5.41, 5.74) is 6.57. The van der Waals surface area contributed by atoms with Gasteiger partial charge >= 0.3 is 0 Å². The number of hydrogen-bond donors (Lipinski definition) is 1. The quantitative estimate of drug-likeness (QED) is 0.376. The van der Waals surface area contributed by atoms with E-state index in [0.717, 1.165) is 39.3 Å². The second-order valence-corrected chi connectivity index (χ2v) is 8.29. The molecule has 6 heteroatoms. The number of hydrogen-bond acceptors (Lipinski definition) is 3. The van der Waals surface area contributed by atoms with Crippen LogP contribution in [0.4, 0.5) is 4.39 Å². The first-order valence-corrected chi connectivity index (χ1v) is 11.3. The number of halogens is 1. The Hall–Kier alpha value is -3.77. The number of ether oxygens (including phenoxy) is 1. The Balaban J connectivity index is 1.28. The molecule has 0 bridgehead atoms. The number of carbonyl (C=O) groups excluding carboxylic acids is 1. The predicted octanol–water partition coefficient (Wildman–Crippen LogP) is 5.20. The van der Waals surface area contributed by atoms with Crippen LogP contribution in [0.2, 0.25) is 0 Å². The lowest BCUT2D eigenvalue weighted by Gasteiger charge is -2.08. The van der Waals surface area contributed by atoms with Gasteiger partial charge in [-0.2, -0.15) is 5.10 Å². The van der Waals surface area contributed by atoms with Crippen LogP contribution in [-0.2, 0) is 35.7 Å². The highest BCUT2D eigenvalue weighted by molar-refractivity contribution is 5.79. The molecule has 0 saturated heterocycles. The Morgan fingerprint density at radius 2 is 1.50 bits per heavy atom. The van der Waals surface area contributed by atoms with Gasteiger partial charge in [0.2, 0.25) is 5.91 Å². The van der Waals surface area contributed by atoms with Gasteiger partial charge in [0.25, 0.3) is 0 Å². The van der Waals surface area contributed by atoms with E-state index >= 15 is 0 Å². The molecule has 0 radical (unpaired) electrons. The molecule has 174 valence electrons. The fourth-order valence-corrected chi connectivity index (χ4v) is 3.80. The summed E-state index contributed by atoms with van der Waals surface area (Å²) in [4.78, 5) is 12.6. The van der Waals surface area contributed by atoms with Crippen molar-refractivity contribution in [2.24, 2.45) is 0 Å². The zero-order valence-electron chi connectivity index (χ0n) is 19.4. The molecule has 0 aliphatic rings. The van der Waals surface area contributed by atoms with Crippen LogP contribution in [0.5, 0.6) is 0 Å². The SMILES string of the molecule is Cc1nn(-c2ccc(F)cc2)c(C)c1CC(=O)NCc1ccc(COCc2ccccc2)cc1. The van der Waals surface area contributed by atoms with Gasteiger partial charge in [-0.25, -0.2) is 9.07 Å². The van der Waals surface area contributed by atoms with Crippen LogP contribution < -0.4 is 5.32 Å². The molecule has 4 rings (SSSR count). The van der Waals surface area contributed by atoms with Crippen molar-refractivity contribution in [2.75, 3.05) is 0 Å². The van der Waals surface area contributed by atoms with E-state index in [1.807, 2.05) is 68.4 Å². The lowest BCUT2D eigenvalue weighted by molar-refractivity contribution is -0.120. The van der Waals surface area contributed by atoms with Gasteiger partial charge in [0.05, 0.1) is 31.0 Å². The highest BCUT2D eigenvalue weighted by Crippen LogP contribution is 2.19. The average Bonchev–Trinajstić information content (AvgIpc) is 3.13. The summed E-state index contributed by atoms with van der Waals surface area (Å²) in [5, 5.41) is 7.52. The molecule has 0 spiro atoms. The van der Waals surface area contributed by atoms with Crippen molar-refractivity contribution in [1.29, 1.82) is 0 Å². The summed E-state index contributed by atoms with van der Waals surface area (Å²) >= 11 is 0. The minimum absolute atomic E-state index is 0.0693. The van der Waals surface area contributed by atoms with Gasteiger partial charge in [0, 0.05) is 17.8 Å². The molecular formula is C28H28FN3O2. The van der Waals surface area contributed by atoms with Gasteiger partial charge in [-0.05, 0) is 54.8 Å². The van der Waals surface area contributed by atoms with Crippen LogP contribution in [0.1, 0.15) is 33.6 Å². The molecule has 0 aliphatic heterocycles. The van der Waals surface area contributed by atoms with Gasteiger partial charge < -0.3 is 10.1 Å². The first-order chi connectivity index (χ1) is 16.5. The van der Waals surface area contributed by atoms with E-state index in [1.165, 1.54) is 12.1 Å². The van der Waals surface area contributed by atoms with Crippen molar-refractivity contribution < 1.29 is 13.9 Å². The lowest BCUT2D eigenvalue weighted by atomic mass is 10.1. The normalized spacial score (nSPS) is 10.9. The second-order valence-electron chi connectivity index (χ2n) is 8.29. The van der Waals surface area contributed by atoms with E-state index in [-0.39, 0.29) is 18.1 Å². The third-order valence-corrected chi connectivity index (χ3v) is 5.74. The molecule has 4 aromatic rings. The summed E-state index contributed by atoms with van der Waals surface area (Å²) in [6.45, 7) is 5.38. The van der Waals surface area contributed by atoms with E-state index < -0.39 is 0 Å². The first-order valence-electron chi connectivity index (χ1n) is 11.3. The van der Waals surface area contributed by atoms with E-state index in [9.17, 15) is 9.18 Å². The van der Waals surface area contributed by atoms with Crippen molar-refractivity contribution in [3.8, 4) is 5.69 Å². The molecule has 34 heavy (non-hydrogen) atoms. The number of aryl methyl sites for hydroxylation is 1. The van der Waals surface area contributed by atoms with Crippen molar-refractivity contribution >= 4 is 5.91 Å². The molecule has 0 aliphatic carbocycles. The third-order valence-electron chi connectivity index (χ3n) is 5.74. The molecule has 5 nitrogen and oxygen atoms in total. The topological polar surface area (TPSA) is 56.2 Å². The molecule has 0 unspecified atom stereocenters. The lowest BCUT2D eigenvalue weighted by Crippen LogP contribution is -2.25. The molecular weight excluding hydrogens is 429 g/mol. The predicted molar refractivity (Wildman–Crippen MR) is 130 cm³/mol. The zero-order chi connectivity index (χ0) is 23.9. The summed E-state index contributed by atoms with van der Waals surface area (Å²) in [6.07, 6.45) is 0.240. The summed E-state index contributed by atoms with van der Waals surface area (Å²) in [6, 6.07) is 24.3. The number of carbonyl (C=O) groups is 1. The molecule has 1 aromatic heterocycles. The molecule has 0 atom stereocenters. The van der Waals surface area contributed by atoms with E-state index in [1.54, 1.807) is 16.8 Å². The smallest absolute Gasteiger partial charge is 0.224 e. The number of rotatable bonds is 9. The number of nitrogens with one attached hydrogen (secondary N) is 1. The van der Waals surface area contributed by atoms with Crippen LogP contribution in [0.15, 0.2) is 78.9 Å². The maximum absolute atomic E-state index is 13.2. The summed E-state index contributed by atoms with van der Waals surface area (Å²) in [5.74, 6) is -0.363. The van der Waals surface area contributed by atoms with E-state index in [2.05, 4.69) is 10.4 Å². The van der Waals surface area contributed by atoms with Crippen molar-refractivity contribution in [3.63, 3.8) is 0 Å². The Labute approximate surface area is 199 Å². The van der Waals surface area contributed by atoms with Crippen molar-refractivity contribution in [2.45, 2.75) is 40.0 Å². The highest BCUT2D eigenvalue weighted by Gasteiger charge is 2.16. The molecule has 3 aromatic carbocycles. The molecule has 1 heterocycles. The highest BCUT2D eigenvalue weighted by atomic mass is 19.1. The first kappa shape index (κ1) is 23.4. The number of nitrogens with zero attached hydrogens (tertiary/aromatic N) is 2. The molecule has 0 saturated carbocycles. The average molecular weight is 458 g/mol. The summed E-state index contributed by atoms with van der Waals surface area (Å²) < 4.78 is 20.8. The Kier molecular flexibility index (Phi) is 7.50. The molecule has 1 amide bonds. The van der Waals surface area contributed by atoms with Gasteiger partial charge in [0.1, 0.15) is 5.82 Å². The van der Waals surface area contributed by atoms with E-state index in [0.29, 0.717) is 19.8 Å². The van der Waals surface area contributed by atoms with Gasteiger partial charge in [-0.1, -0.05) is 54.6 Å². The largest absolute Gasteiger partial charge is 0.372 e. The Morgan fingerprint density at radius 1 is 0.882 bits per heavy atom. The van der Waals surface area contributed by atoms with Gasteiger partial charge in [0.15, 0.2) is 0 Å². The van der Waals surface area contributed by atoms with Crippen LogP contribution in [0.3, 0.4) is 0 Å². The van der Waals surface area contributed by atoms with Crippen LogP contribution >= 0.6 is 0 Å². The van der Waals surface area contributed by atoms with E-state index in [4.69, 9.17) is 4.74 Å². The number of aromatic nitrogens is 2. The maximum atomic E-state index is 13.2. The molecule has 0 fully saturated rings. The Morgan fingerprint density at radius 3 is 2.18 bits per heavy atom. The van der Waals surface area contributed by atoms with Gasteiger partial charge in [-0.3, -0.25) is 4.79 Å². The number of benzene rings is 3. The van der Waals surface area contributed by atoms with Gasteiger partial charge in [-0.15, -0.1) is 0 Å². The maximum Gasteiger partial charge on any atom is 0.224 e. The fraction of sp³-hybridized carbons (Fsp3) is 0.214. The minimum Gasteiger partial charge on any atom is -0.372 e. The Bertz CT molecular complexity index is 1230. The fourth-order valence-electron chi connectivity index (χ4n) is 3.80. The summed E-state index contributed by atoms with van der Waals surface area (Å²) in [7, 11) is 0.